The normalized spacial score (nSPS) is 21.5. The van der Waals surface area contributed by atoms with Crippen LogP contribution in [0, 0.1) is 52.4 Å². The number of hydrogen-bond acceptors (Lipinski definition) is 3. The molecular formula is C32H25F7O3. The summed E-state index contributed by atoms with van der Waals surface area (Å²) in [5, 5.41) is -0.386. The molecule has 3 aromatic carbocycles. The third-order valence-corrected chi connectivity index (χ3v) is 7.31. The van der Waals surface area contributed by atoms with Crippen LogP contribution in [-0.4, -0.2) is 32.0 Å². The predicted molar refractivity (Wildman–Crippen MR) is 141 cm³/mol. The van der Waals surface area contributed by atoms with E-state index in [1.807, 2.05) is 0 Å². The van der Waals surface area contributed by atoms with Crippen LogP contribution in [0.1, 0.15) is 50.2 Å². The molecule has 3 aliphatic heterocycles. The molecule has 3 nitrogen and oxygen atoms in total. The Labute approximate surface area is 237 Å². The quantitative estimate of drug-likeness (QED) is 0.165. The van der Waals surface area contributed by atoms with Crippen LogP contribution in [0.5, 0.6) is 0 Å². The van der Waals surface area contributed by atoms with Gasteiger partial charge < -0.3 is 14.2 Å². The Morgan fingerprint density at radius 2 is 1.48 bits per heavy atom. The molecule has 3 aromatic rings. The molecule has 6 rings (SSSR count). The van der Waals surface area contributed by atoms with Crippen LogP contribution < -0.4 is 0 Å². The van der Waals surface area contributed by atoms with E-state index in [0.717, 1.165) is 68.4 Å². The van der Waals surface area contributed by atoms with Gasteiger partial charge in [-0.3, -0.25) is 0 Å². The largest absolute Gasteiger partial charge is 0.458 e. The van der Waals surface area contributed by atoms with Crippen molar-refractivity contribution in [3.8, 4) is 34.8 Å². The van der Waals surface area contributed by atoms with Crippen LogP contribution in [0.3, 0.4) is 0 Å². The van der Waals surface area contributed by atoms with Gasteiger partial charge in [0.1, 0.15) is 23.3 Å². The molecule has 0 unspecified atom stereocenters. The Kier molecular flexibility index (Phi) is 8.26. The van der Waals surface area contributed by atoms with Gasteiger partial charge in [0.2, 0.25) is 0 Å². The fourth-order valence-corrected chi connectivity index (χ4v) is 5.05. The third-order valence-electron chi connectivity index (χ3n) is 7.31. The second-order valence-corrected chi connectivity index (χ2v) is 10.5. The van der Waals surface area contributed by atoms with Crippen molar-refractivity contribution < 1.29 is 44.9 Å². The molecule has 0 saturated carbocycles. The average Bonchev–Trinajstić information content (AvgIpc) is 2.94. The van der Waals surface area contributed by atoms with E-state index in [0.29, 0.717) is 19.8 Å². The Hall–Kier alpha value is -3.57. The minimum Gasteiger partial charge on any atom is -0.316 e. The second-order valence-electron chi connectivity index (χ2n) is 10.5. The third kappa shape index (κ3) is 6.27. The van der Waals surface area contributed by atoms with Crippen LogP contribution in [0.25, 0.3) is 21.9 Å². The van der Waals surface area contributed by atoms with Crippen molar-refractivity contribution in [3.63, 3.8) is 0 Å². The van der Waals surface area contributed by atoms with E-state index in [1.165, 1.54) is 12.0 Å². The second kappa shape index (κ2) is 11.6. The maximum Gasteiger partial charge on any atom is 0.458 e. The summed E-state index contributed by atoms with van der Waals surface area (Å²) in [6, 6.07) is 6.13. The average molecular weight is 591 g/mol. The van der Waals surface area contributed by atoms with E-state index in [2.05, 4.69) is 18.8 Å². The zero-order chi connectivity index (χ0) is 30.1. The van der Waals surface area contributed by atoms with Gasteiger partial charge in [-0.2, -0.15) is 13.2 Å². The molecule has 3 heterocycles. The fraction of sp³-hybridized carbons (Fsp3) is 0.375. The molecule has 3 saturated heterocycles. The Bertz CT molecular complexity index is 1590. The number of ether oxygens (including phenoxy) is 3. The van der Waals surface area contributed by atoms with Gasteiger partial charge in [0.15, 0.2) is 0 Å². The van der Waals surface area contributed by atoms with Crippen LogP contribution in [0.15, 0.2) is 36.4 Å². The molecule has 3 aliphatic rings. The lowest BCUT2D eigenvalue weighted by Crippen LogP contribution is -2.59. The van der Waals surface area contributed by atoms with Gasteiger partial charge in [0.05, 0.1) is 30.9 Å². The van der Waals surface area contributed by atoms with Gasteiger partial charge >= 0.3 is 12.1 Å². The highest BCUT2D eigenvalue weighted by atomic mass is 19.4. The van der Waals surface area contributed by atoms with E-state index in [4.69, 9.17) is 14.2 Å². The molecular weight excluding hydrogens is 565 g/mol. The van der Waals surface area contributed by atoms with Gasteiger partial charge in [-0.15, -0.1) is 0 Å². The van der Waals surface area contributed by atoms with Crippen LogP contribution in [-0.2, 0) is 14.2 Å². The smallest absolute Gasteiger partial charge is 0.316 e. The molecule has 3 fully saturated rings. The molecule has 0 radical (unpaired) electrons. The Morgan fingerprint density at radius 3 is 2.10 bits per heavy atom. The van der Waals surface area contributed by atoms with Crippen LogP contribution in [0.4, 0.5) is 30.7 Å². The first-order valence-corrected chi connectivity index (χ1v) is 13.4. The van der Waals surface area contributed by atoms with Gasteiger partial charge in [-0.1, -0.05) is 56.6 Å². The summed E-state index contributed by atoms with van der Waals surface area (Å²) in [5.41, 5.74) is -1.84. The summed E-state index contributed by atoms with van der Waals surface area (Å²) in [6.07, 6.45) is 0.394. The minimum absolute atomic E-state index is 0.0216. The van der Waals surface area contributed by atoms with Crippen molar-refractivity contribution in [3.05, 3.63) is 70.8 Å². The number of benzene rings is 3. The van der Waals surface area contributed by atoms with Crippen molar-refractivity contribution in [1.29, 1.82) is 0 Å². The highest BCUT2D eigenvalue weighted by Crippen LogP contribution is 2.41. The van der Waals surface area contributed by atoms with Gasteiger partial charge in [0.25, 0.3) is 0 Å². The Morgan fingerprint density at radius 1 is 0.810 bits per heavy atom. The molecule has 0 amide bonds. The number of alkyl halides is 3. The summed E-state index contributed by atoms with van der Waals surface area (Å²) >= 11 is 0. The first kappa shape index (κ1) is 29.9. The highest BCUT2D eigenvalue weighted by molar-refractivity contribution is 5.89. The van der Waals surface area contributed by atoms with Crippen molar-refractivity contribution in [2.24, 2.45) is 5.41 Å². The lowest BCUT2D eigenvalue weighted by Gasteiger charge is -2.49. The highest BCUT2D eigenvalue weighted by Gasteiger charge is 2.51. The number of halogens is 7. The summed E-state index contributed by atoms with van der Waals surface area (Å²) in [6.45, 7) is 3.33. The molecule has 0 atom stereocenters. The van der Waals surface area contributed by atoms with E-state index >= 15 is 8.78 Å². The number of fused-ring (bicyclic) bond motifs is 4. The molecule has 0 aliphatic carbocycles. The molecule has 220 valence electrons. The summed E-state index contributed by atoms with van der Waals surface area (Å²) in [7, 11) is 0. The molecule has 0 spiro atoms. The lowest BCUT2D eigenvalue weighted by atomic mass is 9.83. The summed E-state index contributed by atoms with van der Waals surface area (Å²) < 4.78 is 114. The minimum atomic E-state index is -4.94. The van der Waals surface area contributed by atoms with Crippen LogP contribution in [0.2, 0.25) is 0 Å². The molecule has 0 N–H and O–H groups in total. The maximum atomic E-state index is 15.1. The van der Waals surface area contributed by atoms with Crippen LogP contribution >= 0.6 is 0 Å². The zero-order valence-electron chi connectivity index (χ0n) is 22.5. The van der Waals surface area contributed by atoms with Crippen molar-refractivity contribution in [1.82, 2.24) is 0 Å². The molecule has 10 heteroatoms. The van der Waals surface area contributed by atoms with Gasteiger partial charge in [-0.05, 0) is 47.6 Å². The van der Waals surface area contributed by atoms with Crippen molar-refractivity contribution in [2.45, 2.75) is 51.2 Å². The SMILES string of the molecule is CCCCCCC12COC(C#Cc3cc(F)c(-c4ccc5c(F)c(C#CC(F)(F)F)c(F)cc5c4)c(F)c3)(OC1)OC2. The van der Waals surface area contributed by atoms with Crippen molar-refractivity contribution >= 4 is 10.8 Å². The summed E-state index contributed by atoms with van der Waals surface area (Å²) in [4.78, 5) is 0. The number of unbranched alkanes of at least 4 members (excludes halogenated alkanes) is 3. The zero-order valence-corrected chi connectivity index (χ0v) is 22.5. The number of hydrogen-bond donors (Lipinski definition) is 0. The monoisotopic (exact) mass is 590 g/mol. The molecule has 42 heavy (non-hydrogen) atoms. The summed E-state index contributed by atoms with van der Waals surface area (Å²) in [5.74, 6) is 1.36. The standard InChI is InChI=1S/C32H25F7O3/c1-2-3-4-5-10-30-17-40-32(41-18-30,42-19-30)12-8-20-13-26(34)28(27(35)14-20)21-6-7-23-22(15-21)16-25(33)24(29(23)36)9-11-31(37,38)39/h6-7,13-16H,2-5,10,17-19H2,1H3. The van der Waals surface area contributed by atoms with Gasteiger partial charge in [-0.25, -0.2) is 17.6 Å². The molecule has 0 aromatic heterocycles. The van der Waals surface area contributed by atoms with Gasteiger partial charge in [0, 0.05) is 22.3 Å². The van der Waals surface area contributed by atoms with E-state index in [-0.39, 0.29) is 27.3 Å². The lowest BCUT2D eigenvalue weighted by molar-refractivity contribution is -0.439. The molecule has 2 bridgehead atoms. The first-order chi connectivity index (χ1) is 19.9. The fourth-order valence-electron chi connectivity index (χ4n) is 5.05. The Balaban J connectivity index is 1.36. The van der Waals surface area contributed by atoms with Crippen molar-refractivity contribution in [2.75, 3.05) is 19.8 Å². The predicted octanol–water partition coefficient (Wildman–Crippen LogP) is 8.02. The van der Waals surface area contributed by atoms with E-state index < -0.39 is 46.5 Å². The number of rotatable bonds is 6. The first-order valence-electron chi connectivity index (χ1n) is 13.4. The maximum absolute atomic E-state index is 15.1. The van der Waals surface area contributed by atoms with E-state index in [1.54, 1.807) is 0 Å². The van der Waals surface area contributed by atoms with E-state index in [9.17, 15) is 22.0 Å². The topological polar surface area (TPSA) is 27.7 Å².